The summed E-state index contributed by atoms with van der Waals surface area (Å²) in [7, 11) is 0. The molecular weight excluding hydrogens is 274 g/mol. The Morgan fingerprint density at radius 1 is 1.32 bits per heavy atom. The Morgan fingerprint density at radius 3 is 2.59 bits per heavy atom. The van der Waals surface area contributed by atoms with E-state index in [-0.39, 0.29) is 5.91 Å². The summed E-state index contributed by atoms with van der Waals surface area (Å²) in [5.41, 5.74) is 6.72. The van der Waals surface area contributed by atoms with E-state index in [4.69, 9.17) is 5.73 Å². The van der Waals surface area contributed by atoms with Crippen molar-refractivity contribution in [2.24, 2.45) is 17.1 Å². The van der Waals surface area contributed by atoms with Crippen molar-refractivity contribution >= 4 is 11.6 Å². The lowest BCUT2D eigenvalue weighted by molar-refractivity contribution is -0.131. The summed E-state index contributed by atoms with van der Waals surface area (Å²) < 4.78 is 0. The largest absolute Gasteiger partial charge is 0.371 e. The summed E-state index contributed by atoms with van der Waals surface area (Å²) in [5, 5.41) is 3.14. The first-order valence-electron chi connectivity index (χ1n) is 8.43. The number of amides is 1. The van der Waals surface area contributed by atoms with Crippen LogP contribution in [0.15, 0.2) is 30.3 Å². The molecule has 22 heavy (non-hydrogen) atoms. The van der Waals surface area contributed by atoms with Crippen LogP contribution in [0.25, 0.3) is 0 Å². The van der Waals surface area contributed by atoms with Crippen LogP contribution in [0.4, 0.5) is 5.69 Å². The zero-order valence-electron chi connectivity index (χ0n) is 13.8. The first-order valence-corrected chi connectivity index (χ1v) is 8.43. The van der Waals surface area contributed by atoms with Crippen molar-refractivity contribution in [1.29, 1.82) is 0 Å². The Morgan fingerprint density at radius 2 is 2.00 bits per heavy atom. The van der Waals surface area contributed by atoms with E-state index in [2.05, 4.69) is 34.5 Å². The molecule has 1 saturated heterocycles. The lowest BCUT2D eigenvalue weighted by Crippen LogP contribution is -2.46. The number of nitrogens with one attached hydrogen (secondary N) is 1. The SMILES string of the molecule is CCC(CC)(CN)C(=O)NCC1CCN(c2ccccc2)C1. The van der Waals surface area contributed by atoms with Crippen LogP contribution in [0.1, 0.15) is 33.1 Å². The Kier molecular flexibility index (Phi) is 5.83. The molecule has 1 heterocycles. The summed E-state index contributed by atoms with van der Waals surface area (Å²) in [5.74, 6) is 0.645. The van der Waals surface area contributed by atoms with Crippen molar-refractivity contribution in [1.82, 2.24) is 5.32 Å². The molecule has 0 saturated carbocycles. The smallest absolute Gasteiger partial charge is 0.227 e. The number of hydrogen-bond donors (Lipinski definition) is 2. The average Bonchev–Trinajstić information content (AvgIpc) is 3.05. The summed E-state index contributed by atoms with van der Waals surface area (Å²) in [6.45, 7) is 7.34. The van der Waals surface area contributed by atoms with Crippen LogP contribution in [0, 0.1) is 11.3 Å². The fourth-order valence-corrected chi connectivity index (χ4v) is 3.25. The maximum atomic E-state index is 12.5. The minimum absolute atomic E-state index is 0.123. The molecule has 0 spiro atoms. The van der Waals surface area contributed by atoms with Gasteiger partial charge < -0.3 is 16.0 Å². The Bertz CT molecular complexity index is 462. The van der Waals surface area contributed by atoms with E-state index in [1.807, 2.05) is 19.9 Å². The maximum absolute atomic E-state index is 12.5. The van der Waals surface area contributed by atoms with Gasteiger partial charge in [-0.2, -0.15) is 0 Å². The lowest BCUT2D eigenvalue weighted by atomic mass is 9.81. The lowest BCUT2D eigenvalue weighted by Gasteiger charge is -2.29. The Hall–Kier alpha value is -1.55. The molecule has 0 radical (unpaired) electrons. The number of rotatable bonds is 7. The molecule has 4 heteroatoms. The predicted molar refractivity (Wildman–Crippen MR) is 91.8 cm³/mol. The molecule has 1 aliphatic heterocycles. The van der Waals surface area contributed by atoms with E-state index in [0.29, 0.717) is 12.5 Å². The molecule has 122 valence electrons. The number of nitrogens with zero attached hydrogens (tertiary/aromatic N) is 1. The highest BCUT2D eigenvalue weighted by atomic mass is 16.2. The fraction of sp³-hybridized carbons (Fsp3) is 0.611. The third kappa shape index (κ3) is 3.61. The molecule has 1 atom stereocenters. The molecule has 2 rings (SSSR count). The summed E-state index contributed by atoms with van der Waals surface area (Å²) in [6.07, 6.45) is 2.72. The van der Waals surface area contributed by atoms with Gasteiger partial charge in [0, 0.05) is 31.9 Å². The number of anilines is 1. The number of hydrogen-bond acceptors (Lipinski definition) is 3. The van der Waals surface area contributed by atoms with Crippen molar-refractivity contribution in [2.75, 3.05) is 31.1 Å². The summed E-state index contributed by atoms with van der Waals surface area (Å²) in [6, 6.07) is 10.5. The van der Waals surface area contributed by atoms with Gasteiger partial charge in [0.25, 0.3) is 0 Å². The van der Waals surface area contributed by atoms with Gasteiger partial charge >= 0.3 is 0 Å². The van der Waals surface area contributed by atoms with Crippen LogP contribution in [0.2, 0.25) is 0 Å². The van der Waals surface area contributed by atoms with Crippen LogP contribution in [-0.4, -0.2) is 32.1 Å². The molecule has 1 fully saturated rings. The van der Waals surface area contributed by atoms with Crippen LogP contribution in [-0.2, 0) is 4.79 Å². The number of carbonyl (C=O) groups is 1. The van der Waals surface area contributed by atoms with E-state index in [0.717, 1.165) is 38.9 Å². The Labute approximate surface area is 134 Å². The number of nitrogens with two attached hydrogens (primary N) is 1. The second-order valence-electron chi connectivity index (χ2n) is 6.34. The zero-order chi connectivity index (χ0) is 16.0. The van der Waals surface area contributed by atoms with Crippen molar-refractivity contribution in [3.05, 3.63) is 30.3 Å². The monoisotopic (exact) mass is 303 g/mol. The molecule has 4 nitrogen and oxygen atoms in total. The van der Waals surface area contributed by atoms with Crippen LogP contribution >= 0.6 is 0 Å². The average molecular weight is 303 g/mol. The number of para-hydroxylation sites is 1. The van der Waals surface area contributed by atoms with Gasteiger partial charge in [-0.3, -0.25) is 4.79 Å². The van der Waals surface area contributed by atoms with Gasteiger partial charge in [-0.25, -0.2) is 0 Å². The van der Waals surface area contributed by atoms with Crippen LogP contribution in [0.5, 0.6) is 0 Å². The topological polar surface area (TPSA) is 58.4 Å². The molecule has 1 aromatic rings. The molecule has 1 unspecified atom stereocenters. The van der Waals surface area contributed by atoms with Gasteiger partial charge in [0.2, 0.25) is 5.91 Å². The van der Waals surface area contributed by atoms with Gasteiger partial charge in [0.1, 0.15) is 0 Å². The highest BCUT2D eigenvalue weighted by molar-refractivity contribution is 5.82. The molecule has 0 bridgehead atoms. The molecule has 0 aliphatic carbocycles. The minimum atomic E-state index is -0.391. The van der Waals surface area contributed by atoms with E-state index in [1.165, 1.54) is 5.69 Å². The first-order chi connectivity index (χ1) is 10.6. The van der Waals surface area contributed by atoms with Crippen LogP contribution in [0.3, 0.4) is 0 Å². The van der Waals surface area contributed by atoms with E-state index < -0.39 is 5.41 Å². The third-order valence-electron chi connectivity index (χ3n) is 5.18. The highest BCUT2D eigenvalue weighted by Crippen LogP contribution is 2.26. The fourth-order valence-electron chi connectivity index (χ4n) is 3.25. The summed E-state index contributed by atoms with van der Waals surface area (Å²) >= 11 is 0. The second kappa shape index (κ2) is 7.63. The summed E-state index contributed by atoms with van der Waals surface area (Å²) in [4.78, 5) is 14.9. The molecule has 1 aromatic carbocycles. The van der Waals surface area contributed by atoms with Crippen molar-refractivity contribution in [3.63, 3.8) is 0 Å². The highest BCUT2D eigenvalue weighted by Gasteiger charge is 2.34. The van der Waals surface area contributed by atoms with Crippen LogP contribution < -0.4 is 16.0 Å². The standard InChI is InChI=1S/C18H29N3O/c1-3-18(4-2,14-19)17(22)20-12-15-10-11-21(13-15)16-8-6-5-7-9-16/h5-9,15H,3-4,10-14,19H2,1-2H3,(H,20,22). The van der Waals surface area contributed by atoms with Crippen molar-refractivity contribution in [3.8, 4) is 0 Å². The molecule has 1 aliphatic rings. The number of carbonyl (C=O) groups excluding carboxylic acids is 1. The number of benzene rings is 1. The molecular formula is C18H29N3O. The van der Waals surface area contributed by atoms with Crippen molar-refractivity contribution < 1.29 is 4.79 Å². The van der Waals surface area contributed by atoms with Crippen molar-refractivity contribution in [2.45, 2.75) is 33.1 Å². The zero-order valence-corrected chi connectivity index (χ0v) is 13.8. The second-order valence-corrected chi connectivity index (χ2v) is 6.34. The third-order valence-corrected chi connectivity index (χ3v) is 5.18. The quantitative estimate of drug-likeness (QED) is 0.813. The predicted octanol–water partition coefficient (Wildman–Crippen LogP) is 2.39. The van der Waals surface area contributed by atoms with Gasteiger partial charge in [0.05, 0.1) is 5.41 Å². The van der Waals surface area contributed by atoms with E-state index >= 15 is 0 Å². The normalized spacial score (nSPS) is 18.5. The van der Waals surface area contributed by atoms with Gasteiger partial charge in [-0.15, -0.1) is 0 Å². The molecule has 0 aromatic heterocycles. The minimum Gasteiger partial charge on any atom is -0.371 e. The maximum Gasteiger partial charge on any atom is 0.227 e. The van der Waals surface area contributed by atoms with E-state index in [1.54, 1.807) is 0 Å². The Balaban J connectivity index is 1.85. The van der Waals surface area contributed by atoms with Gasteiger partial charge in [-0.1, -0.05) is 32.0 Å². The van der Waals surface area contributed by atoms with Gasteiger partial charge in [0.15, 0.2) is 0 Å². The molecule has 1 amide bonds. The molecule has 3 N–H and O–H groups in total. The van der Waals surface area contributed by atoms with E-state index in [9.17, 15) is 4.79 Å². The first kappa shape index (κ1) is 16.8. The van der Waals surface area contributed by atoms with Gasteiger partial charge in [-0.05, 0) is 37.3 Å².